The highest BCUT2D eigenvalue weighted by atomic mass is 32.2. The number of non-ortho nitro benzene ring substituents is 1. The molecule has 0 aromatic heterocycles. The molecule has 3 aromatic carbocycles. The molecule has 184 valence electrons. The summed E-state index contributed by atoms with van der Waals surface area (Å²) in [5, 5.41) is 13.9. The van der Waals surface area contributed by atoms with Crippen LogP contribution in [0.5, 0.6) is 5.75 Å². The number of benzene rings is 3. The second kappa shape index (κ2) is 11.0. The quantitative estimate of drug-likeness (QED) is 0.328. The molecule has 1 amide bonds. The van der Waals surface area contributed by atoms with Crippen molar-refractivity contribution in [3.05, 3.63) is 94.0 Å². The molecule has 10 heteroatoms. The highest BCUT2D eigenvalue weighted by Gasteiger charge is 2.28. The van der Waals surface area contributed by atoms with Crippen molar-refractivity contribution in [1.29, 1.82) is 0 Å². The van der Waals surface area contributed by atoms with Crippen molar-refractivity contribution in [1.82, 2.24) is 5.32 Å². The smallest absolute Gasteiger partial charge is 0.269 e. The number of hydrogen-bond acceptors (Lipinski definition) is 6. The van der Waals surface area contributed by atoms with Gasteiger partial charge >= 0.3 is 0 Å². The standard InChI is InChI=1S/C25H27N3O6S/c1-4-23(19-10-15-24(34-3)18(2)16-19)26-25(29)17-27(20-11-13-21(14-12-20)28(30)31)35(32,33)22-8-6-5-7-9-22/h5-16,23H,4,17H2,1-3H3,(H,26,29)/t23-/m0/s1. The summed E-state index contributed by atoms with van der Waals surface area (Å²) < 4.78 is 33.1. The number of nitro benzene ring substituents is 1. The van der Waals surface area contributed by atoms with Gasteiger partial charge in [-0.15, -0.1) is 0 Å². The van der Waals surface area contributed by atoms with Crippen LogP contribution in [-0.2, 0) is 14.8 Å². The summed E-state index contributed by atoms with van der Waals surface area (Å²) in [6.07, 6.45) is 0.584. The Bertz CT molecular complexity index is 1290. The largest absolute Gasteiger partial charge is 0.496 e. The Labute approximate surface area is 204 Å². The molecule has 1 N–H and O–H groups in total. The molecule has 9 nitrogen and oxygen atoms in total. The zero-order valence-corrected chi connectivity index (χ0v) is 20.5. The lowest BCUT2D eigenvalue weighted by molar-refractivity contribution is -0.384. The van der Waals surface area contributed by atoms with Gasteiger partial charge in [0.1, 0.15) is 12.3 Å². The van der Waals surface area contributed by atoms with Gasteiger partial charge in [-0.05, 0) is 54.8 Å². The fourth-order valence-corrected chi connectivity index (χ4v) is 5.13. The van der Waals surface area contributed by atoms with Gasteiger partial charge in [0.25, 0.3) is 15.7 Å². The van der Waals surface area contributed by atoms with Crippen LogP contribution in [0.15, 0.2) is 77.7 Å². The van der Waals surface area contributed by atoms with Gasteiger partial charge < -0.3 is 10.1 Å². The number of hydrogen-bond donors (Lipinski definition) is 1. The van der Waals surface area contributed by atoms with E-state index in [9.17, 15) is 23.3 Å². The molecule has 3 rings (SSSR count). The lowest BCUT2D eigenvalue weighted by Gasteiger charge is -2.26. The molecular formula is C25H27N3O6S. The summed E-state index contributed by atoms with van der Waals surface area (Å²) >= 11 is 0. The van der Waals surface area contributed by atoms with Gasteiger partial charge in [-0.1, -0.05) is 37.3 Å². The van der Waals surface area contributed by atoms with Crippen molar-refractivity contribution < 1.29 is 22.9 Å². The van der Waals surface area contributed by atoms with Crippen molar-refractivity contribution in [2.24, 2.45) is 0 Å². The summed E-state index contributed by atoms with van der Waals surface area (Å²) in [6.45, 7) is 3.32. The Morgan fingerprint density at radius 2 is 1.74 bits per heavy atom. The van der Waals surface area contributed by atoms with E-state index in [1.807, 2.05) is 32.0 Å². The molecule has 0 aliphatic rings. The van der Waals surface area contributed by atoms with Crippen LogP contribution in [0.25, 0.3) is 0 Å². The van der Waals surface area contributed by atoms with Crippen molar-refractivity contribution in [2.45, 2.75) is 31.2 Å². The average Bonchev–Trinajstić information content (AvgIpc) is 2.86. The first kappa shape index (κ1) is 25.7. The van der Waals surface area contributed by atoms with Gasteiger partial charge in [0.15, 0.2) is 0 Å². The number of amides is 1. The lowest BCUT2D eigenvalue weighted by Crippen LogP contribution is -2.42. The number of carbonyl (C=O) groups is 1. The number of sulfonamides is 1. The van der Waals surface area contributed by atoms with Gasteiger partial charge in [-0.25, -0.2) is 8.42 Å². The number of nitro groups is 1. The molecule has 1 atom stereocenters. The first-order chi connectivity index (χ1) is 16.7. The number of ether oxygens (including phenoxy) is 1. The number of aryl methyl sites for hydroxylation is 1. The molecule has 0 aliphatic heterocycles. The van der Waals surface area contributed by atoms with Gasteiger partial charge in [0, 0.05) is 12.1 Å². The predicted molar refractivity (Wildman–Crippen MR) is 133 cm³/mol. The van der Waals surface area contributed by atoms with Crippen LogP contribution in [0.1, 0.15) is 30.5 Å². The molecule has 0 saturated carbocycles. The third-order valence-electron chi connectivity index (χ3n) is 5.53. The predicted octanol–water partition coefficient (Wildman–Crippen LogP) is 4.37. The van der Waals surface area contributed by atoms with Gasteiger partial charge in [-0.3, -0.25) is 19.2 Å². The molecular weight excluding hydrogens is 470 g/mol. The van der Waals surface area contributed by atoms with E-state index in [0.29, 0.717) is 6.42 Å². The van der Waals surface area contributed by atoms with E-state index in [1.165, 1.54) is 36.4 Å². The van der Waals surface area contributed by atoms with E-state index in [-0.39, 0.29) is 22.3 Å². The SMILES string of the molecule is CC[C@H](NC(=O)CN(c1ccc([N+](=O)[O-])cc1)S(=O)(=O)c1ccccc1)c1ccc(OC)c(C)c1. The van der Waals surface area contributed by atoms with Crippen molar-refractivity contribution >= 4 is 27.3 Å². The number of anilines is 1. The van der Waals surface area contributed by atoms with Gasteiger partial charge in [0.05, 0.1) is 28.7 Å². The van der Waals surface area contributed by atoms with Crippen LogP contribution in [0, 0.1) is 17.0 Å². The third kappa shape index (κ3) is 5.96. The van der Waals surface area contributed by atoms with Gasteiger partial charge in [0.2, 0.25) is 5.91 Å². The number of carbonyl (C=O) groups excluding carboxylic acids is 1. The van der Waals surface area contributed by atoms with Crippen LogP contribution in [-0.4, -0.2) is 32.9 Å². The Hall–Kier alpha value is -3.92. The van der Waals surface area contributed by atoms with Crippen molar-refractivity contribution in [3.8, 4) is 5.75 Å². The van der Waals surface area contributed by atoms with E-state index in [1.54, 1.807) is 25.3 Å². The number of nitrogens with one attached hydrogen (secondary N) is 1. The molecule has 35 heavy (non-hydrogen) atoms. The number of rotatable bonds is 10. The van der Waals surface area contributed by atoms with E-state index < -0.39 is 27.4 Å². The van der Waals surface area contributed by atoms with Crippen LogP contribution in [0.4, 0.5) is 11.4 Å². The molecule has 0 radical (unpaired) electrons. The number of methoxy groups -OCH3 is 1. The van der Waals surface area contributed by atoms with Gasteiger partial charge in [-0.2, -0.15) is 0 Å². The average molecular weight is 498 g/mol. The minimum atomic E-state index is -4.12. The number of nitrogens with zero attached hydrogens (tertiary/aromatic N) is 2. The highest BCUT2D eigenvalue weighted by molar-refractivity contribution is 7.92. The summed E-state index contributed by atoms with van der Waals surface area (Å²) in [7, 11) is -2.53. The van der Waals surface area contributed by atoms with Crippen LogP contribution in [0.3, 0.4) is 0 Å². The summed E-state index contributed by atoms with van der Waals surface area (Å²) in [5.74, 6) is 0.219. The maximum atomic E-state index is 13.4. The Morgan fingerprint density at radius 3 is 2.29 bits per heavy atom. The maximum absolute atomic E-state index is 13.4. The molecule has 0 heterocycles. The fourth-order valence-electron chi connectivity index (χ4n) is 3.69. The summed E-state index contributed by atoms with van der Waals surface area (Å²) in [4.78, 5) is 23.5. The summed E-state index contributed by atoms with van der Waals surface area (Å²) in [5.41, 5.74) is 1.74. The monoisotopic (exact) mass is 497 g/mol. The molecule has 0 bridgehead atoms. The molecule has 0 saturated heterocycles. The minimum absolute atomic E-state index is 0.00368. The third-order valence-corrected chi connectivity index (χ3v) is 7.32. The van der Waals surface area contributed by atoms with E-state index in [0.717, 1.165) is 21.2 Å². The first-order valence-corrected chi connectivity index (χ1v) is 12.4. The highest BCUT2D eigenvalue weighted by Crippen LogP contribution is 2.27. The molecule has 0 aliphatic carbocycles. The maximum Gasteiger partial charge on any atom is 0.269 e. The van der Waals surface area contributed by atoms with Crippen LogP contribution >= 0.6 is 0 Å². The summed E-state index contributed by atoms with van der Waals surface area (Å²) in [6, 6.07) is 18.0. The first-order valence-electron chi connectivity index (χ1n) is 10.9. The molecule has 0 unspecified atom stereocenters. The Morgan fingerprint density at radius 1 is 1.09 bits per heavy atom. The second-order valence-electron chi connectivity index (χ2n) is 7.86. The molecule has 0 fully saturated rings. The minimum Gasteiger partial charge on any atom is -0.496 e. The normalized spacial score (nSPS) is 12.0. The van der Waals surface area contributed by atoms with E-state index >= 15 is 0 Å². The fraction of sp³-hybridized carbons (Fsp3) is 0.240. The second-order valence-corrected chi connectivity index (χ2v) is 9.72. The lowest BCUT2D eigenvalue weighted by atomic mass is 10.0. The van der Waals surface area contributed by atoms with Crippen molar-refractivity contribution in [3.63, 3.8) is 0 Å². The van der Waals surface area contributed by atoms with Crippen LogP contribution < -0.4 is 14.4 Å². The van der Waals surface area contributed by atoms with Crippen molar-refractivity contribution in [2.75, 3.05) is 18.0 Å². The molecule has 3 aromatic rings. The Kier molecular flexibility index (Phi) is 8.08. The van der Waals surface area contributed by atoms with E-state index in [4.69, 9.17) is 4.74 Å². The van der Waals surface area contributed by atoms with Crippen LogP contribution in [0.2, 0.25) is 0 Å². The Balaban J connectivity index is 1.91. The molecule has 0 spiro atoms. The zero-order chi connectivity index (χ0) is 25.6. The van der Waals surface area contributed by atoms with E-state index in [2.05, 4.69) is 5.32 Å². The topological polar surface area (TPSA) is 119 Å². The zero-order valence-electron chi connectivity index (χ0n) is 19.7.